The summed E-state index contributed by atoms with van der Waals surface area (Å²) in [5.41, 5.74) is 0. The lowest BCUT2D eigenvalue weighted by Gasteiger charge is -2.45. The van der Waals surface area contributed by atoms with E-state index in [1.807, 2.05) is 9.80 Å². The molecule has 1 rings (SSSR count). The first kappa shape index (κ1) is 31.8. The van der Waals surface area contributed by atoms with Gasteiger partial charge in [0.2, 0.25) is 11.8 Å². The number of unbranched alkanes of at least 4 members (excludes halogenated alkanes) is 6. The van der Waals surface area contributed by atoms with Gasteiger partial charge in [-0.15, -0.1) is 0 Å². The zero-order chi connectivity index (χ0) is 26.8. The molecule has 0 bridgehead atoms. The Labute approximate surface area is 216 Å². The molecule has 0 aromatic rings. The van der Waals surface area contributed by atoms with Crippen LogP contribution in [0.25, 0.3) is 0 Å². The molecule has 0 radical (unpaired) electrons. The van der Waals surface area contributed by atoms with E-state index in [0.717, 1.165) is 25.7 Å². The third kappa shape index (κ3) is 13.2. The molecule has 2 amide bonds. The van der Waals surface area contributed by atoms with Gasteiger partial charge in [0.15, 0.2) is 0 Å². The van der Waals surface area contributed by atoms with E-state index in [2.05, 4.69) is 24.5 Å². The van der Waals surface area contributed by atoms with Gasteiger partial charge in [-0.1, -0.05) is 52.4 Å². The van der Waals surface area contributed by atoms with Gasteiger partial charge < -0.3 is 20.1 Å². The van der Waals surface area contributed by atoms with E-state index in [1.54, 1.807) is 0 Å². The highest BCUT2D eigenvalue weighted by Crippen LogP contribution is 2.21. The van der Waals surface area contributed by atoms with Crippen LogP contribution in [0.15, 0.2) is 0 Å². The fourth-order valence-electron chi connectivity index (χ4n) is 4.41. The lowest BCUT2D eigenvalue weighted by Crippen LogP contribution is -2.62. The van der Waals surface area contributed by atoms with Crippen LogP contribution < -0.4 is 10.6 Å². The number of ether oxygens (including phenoxy) is 2. The molecule has 2 N–H and O–H groups in total. The molecular weight excluding hydrogens is 464 g/mol. The van der Waals surface area contributed by atoms with Crippen molar-refractivity contribution in [2.75, 3.05) is 53.5 Å². The number of carbonyl (C=O) groups excluding carboxylic acids is 4. The summed E-state index contributed by atoms with van der Waals surface area (Å²) in [6, 6.07) is -0.621. The molecule has 2 atom stereocenters. The monoisotopic (exact) mass is 512 g/mol. The predicted molar refractivity (Wildman–Crippen MR) is 138 cm³/mol. The lowest BCUT2D eigenvalue weighted by atomic mass is 10.0. The van der Waals surface area contributed by atoms with Crippen molar-refractivity contribution in [1.29, 1.82) is 0 Å². The van der Waals surface area contributed by atoms with Gasteiger partial charge in [0, 0.05) is 38.3 Å². The molecule has 1 aliphatic heterocycles. The highest BCUT2D eigenvalue weighted by atomic mass is 16.5. The van der Waals surface area contributed by atoms with Crippen LogP contribution in [0, 0.1) is 0 Å². The summed E-state index contributed by atoms with van der Waals surface area (Å²) in [7, 11) is 2.67. The largest absolute Gasteiger partial charge is 0.469 e. The van der Waals surface area contributed by atoms with Crippen LogP contribution in [0.3, 0.4) is 0 Å². The van der Waals surface area contributed by atoms with E-state index in [-0.39, 0.29) is 61.8 Å². The van der Waals surface area contributed by atoms with E-state index < -0.39 is 0 Å². The summed E-state index contributed by atoms with van der Waals surface area (Å²) in [5.74, 6) is -0.993. The molecule has 0 unspecified atom stereocenters. The first-order valence-electron chi connectivity index (χ1n) is 13.5. The van der Waals surface area contributed by atoms with Gasteiger partial charge in [-0.3, -0.25) is 29.0 Å². The van der Waals surface area contributed by atoms with Crippen LogP contribution in [-0.4, -0.2) is 99.1 Å². The van der Waals surface area contributed by atoms with Crippen molar-refractivity contribution in [2.45, 2.75) is 90.1 Å². The number of methoxy groups -OCH3 is 2. The predicted octanol–water partition coefficient (Wildman–Crippen LogP) is 1.86. The van der Waals surface area contributed by atoms with Crippen molar-refractivity contribution in [2.24, 2.45) is 0 Å². The van der Waals surface area contributed by atoms with Gasteiger partial charge in [-0.25, -0.2) is 0 Å². The number of nitrogens with zero attached hydrogens (tertiary/aromatic N) is 2. The molecule has 1 fully saturated rings. The van der Waals surface area contributed by atoms with Crippen LogP contribution in [0.2, 0.25) is 0 Å². The summed E-state index contributed by atoms with van der Waals surface area (Å²) in [6.45, 7) is 6.42. The summed E-state index contributed by atoms with van der Waals surface area (Å²) in [5, 5.41) is 5.89. The van der Waals surface area contributed by atoms with Crippen molar-refractivity contribution < 1.29 is 28.7 Å². The molecule has 1 heterocycles. The summed E-state index contributed by atoms with van der Waals surface area (Å²) < 4.78 is 9.75. The maximum absolute atomic E-state index is 12.7. The second-order valence-electron chi connectivity index (χ2n) is 9.55. The number of carbonyl (C=O) groups is 4. The van der Waals surface area contributed by atoms with Crippen molar-refractivity contribution in [3.63, 3.8) is 0 Å². The first-order valence-corrected chi connectivity index (χ1v) is 13.5. The lowest BCUT2D eigenvalue weighted by molar-refractivity contribution is -0.147. The molecule has 0 aliphatic carbocycles. The van der Waals surface area contributed by atoms with Crippen LogP contribution in [0.1, 0.15) is 78.1 Å². The normalized spacial score (nSPS) is 18.4. The second kappa shape index (κ2) is 19.0. The molecule has 0 spiro atoms. The minimum absolute atomic E-state index is 0.0968. The first-order chi connectivity index (χ1) is 17.3. The van der Waals surface area contributed by atoms with E-state index in [9.17, 15) is 19.2 Å². The van der Waals surface area contributed by atoms with Gasteiger partial charge in [-0.05, 0) is 12.8 Å². The highest BCUT2D eigenvalue weighted by molar-refractivity contribution is 5.79. The number of hydrogen-bond donors (Lipinski definition) is 2. The topological polar surface area (TPSA) is 117 Å². The molecule has 10 heteroatoms. The van der Waals surface area contributed by atoms with E-state index >= 15 is 0 Å². The Kier molecular flexibility index (Phi) is 16.8. The maximum Gasteiger partial charge on any atom is 0.307 e. The number of amides is 2. The quantitative estimate of drug-likeness (QED) is 0.211. The second-order valence-corrected chi connectivity index (χ2v) is 9.55. The molecule has 0 saturated carbocycles. The number of nitrogens with one attached hydrogen (secondary N) is 2. The average Bonchev–Trinajstić information content (AvgIpc) is 2.85. The smallest absolute Gasteiger partial charge is 0.307 e. The Morgan fingerprint density at radius 3 is 1.53 bits per heavy atom. The van der Waals surface area contributed by atoms with Crippen LogP contribution in [-0.2, 0) is 28.7 Å². The third-order valence-electron chi connectivity index (χ3n) is 6.58. The Morgan fingerprint density at radius 1 is 0.667 bits per heavy atom. The van der Waals surface area contributed by atoms with E-state index in [1.165, 1.54) is 39.9 Å². The van der Waals surface area contributed by atoms with Crippen molar-refractivity contribution in [3.8, 4) is 0 Å². The zero-order valence-electron chi connectivity index (χ0n) is 22.8. The van der Waals surface area contributed by atoms with Crippen LogP contribution in [0.5, 0.6) is 0 Å². The maximum atomic E-state index is 12.7. The Hall–Kier alpha value is -2.20. The summed E-state index contributed by atoms with van der Waals surface area (Å²) in [6.07, 6.45) is 8.94. The van der Waals surface area contributed by atoms with Gasteiger partial charge in [0.25, 0.3) is 0 Å². The molecule has 36 heavy (non-hydrogen) atoms. The van der Waals surface area contributed by atoms with Gasteiger partial charge in [-0.2, -0.15) is 0 Å². The Bertz CT molecular complexity index is 675. The molecule has 10 nitrogen and oxygen atoms in total. The minimum Gasteiger partial charge on any atom is -0.469 e. The van der Waals surface area contributed by atoms with Gasteiger partial charge in [0.1, 0.15) is 0 Å². The fourth-order valence-corrected chi connectivity index (χ4v) is 4.41. The number of hydrogen-bond acceptors (Lipinski definition) is 8. The molecular formula is C26H48N4O6. The van der Waals surface area contributed by atoms with E-state index in [4.69, 9.17) is 9.47 Å². The minimum atomic E-state index is -0.379. The Morgan fingerprint density at radius 2 is 1.08 bits per heavy atom. The van der Waals surface area contributed by atoms with Crippen molar-refractivity contribution in [1.82, 2.24) is 20.4 Å². The fraction of sp³-hybridized carbons (Fsp3) is 0.846. The SMILES string of the molecule is CCCCCCCCNC(=O)CN1C[C@H](CC(=O)OC)N(CC(=O)NCCCC)C[C@@H]1CC(=O)OC. The molecule has 1 aliphatic rings. The highest BCUT2D eigenvalue weighted by Gasteiger charge is 2.37. The molecule has 1 saturated heterocycles. The zero-order valence-corrected chi connectivity index (χ0v) is 22.8. The summed E-state index contributed by atoms with van der Waals surface area (Å²) in [4.78, 5) is 53.3. The van der Waals surface area contributed by atoms with Gasteiger partial charge in [0.05, 0.1) is 40.2 Å². The Balaban J connectivity index is 2.80. The third-order valence-corrected chi connectivity index (χ3v) is 6.58. The molecule has 0 aromatic carbocycles. The van der Waals surface area contributed by atoms with Gasteiger partial charge >= 0.3 is 11.9 Å². The average molecular weight is 513 g/mol. The van der Waals surface area contributed by atoms with Crippen molar-refractivity contribution >= 4 is 23.8 Å². The molecule has 208 valence electrons. The summed E-state index contributed by atoms with van der Waals surface area (Å²) >= 11 is 0. The number of piperazine rings is 1. The number of esters is 2. The van der Waals surface area contributed by atoms with Crippen LogP contribution >= 0.6 is 0 Å². The molecule has 0 aromatic heterocycles. The number of rotatable bonds is 18. The van der Waals surface area contributed by atoms with Crippen LogP contribution in [0.4, 0.5) is 0 Å². The van der Waals surface area contributed by atoms with Crippen molar-refractivity contribution in [3.05, 3.63) is 0 Å². The van der Waals surface area contributed by atoms with E-state index in [0.29, 0.717) is 26.2 Å². The standard InChI is InChI=1S/C26H48N4O6/c1-5-7-9-10-11-12-14-28-24(32)20-30-18-21(15-25(33)35-3)29(17-22(30)16-26(34)36-4)19-23(31)27-13-8-6-2/h21-22H,5-20H2,1-4H3,(H,27,31)(H,28,32)/t21-,22-/m0/s1.